The van der Waals surface area contributed by atoms with Crippen LogP contribution in [0, 0.1) is 0 Å². The molecule has 1 aliphatic heterocycles. The molecule has 0 unspecified atom stereocenters. The SMILES string of the molecule is CCn1c(SCC(=O)N2CCc3ccccc32)nnc1-c1ccccc1. The molecular formula is C20H20N4OS. The van der Waals surface area contributed by atoms with Gasteiger partial charge in [0.2, 0.25) is 5.91 Å². The molecule has 2 aromatic carbocycles. The quantitative estimate of drug-likeness (QED) is 0.649. The molecule has 0 radical (unpaired) electrons. The maximum atomic E-state index is 12.7. The van der Waals surface area contributed by atoms with E-state index in [1.54, 1.807) is 0 Å². The second-order valence-corrected chi connectivity index (χ2v) is 7.07. The molecular weight excluding hydrogens is 344 g/mol. The lowest BCUT2D eigenvalue weighted by molar-refractivity contribution is -0.116. The molecule has 1 amide bonds. The van der Waals surface area contributed by atoms with Crippen LogP contribution in [0.25, 0.3) is 11.4 Å². The zero-order valence-corrected chi connectivity index (χ0v) is 15.4. The van der Waals surface area contributed by atoms with E-state index in [9.17, 15) is 4.79 Å². The summed E-state index contributed by atoms with van der Waals surface area (Å²) in [6.07, 6.45) is 0.926. The number of aromatic nitrogens is 3. The Bertz CT molecular complexity index is 923. The summed E-state index contributed by atoms with van der Waals surface area (Å²) in [5, 5.41) is 9.43. The van der Waals surface area contributed by atoms with E-state index in [-0.39, 0.29) is 5.91 Å². The van der Waals surface area contributed by atoms with Crippen molar-refractivity contribution >= 4 is 23.4 Å². The first kappa shape index (κ1) is 16.8. The van der Waals surface area contributed by atoms with Crippen LogP contribution in [0.4, 0.5) is 5.69 Å². The average molecular weight is 364 g/mol. The third-order valence-electron chi connectivity index (χ3n) is 4.58. The summed E-state index contributed by atoms with van der Waals surface area (Å²) in [7, 11) is 0. The number of para-hydroxylation sites is 1. The summed E-state index contributed by atoms with van der Waals surface area (Å²) >= 11 is 1.45. The number of amides is 1. The van der Waals surface area contributed by atoms with Gasteiger partial charge in [0.05, 0.1) is 5.75 Å². The fourth-order valence-electron chi connectivity index (χ4n) is 3.28. The number of carbonyl (C=O) groups is 1. The maximum Gasteiger partial charge on any atom is 0.237 e. The minimum absolute atomic E-state index is 0.117. The normalized spacial score (nSPS) is 13.0. The molecule has 0 saturated heterocycles. The van der Waals surface area contributed by atoms with Gasteiger partial charge in [-0.15, -0.1) is 10.2 Å². The van der Waals surface area contributed by atoms with E-state index in [0.717, 1.165) is 41.7 Å². The second kappa shape index (κ2) is 7.33. The number of anilines is 1. The van der Waals surface area contributed by atoms with Crippen LogP contribution in [-0.2, 0) is 17.8 Å². The van der Waals surface area contributed by atoms with Gasteiger partial charge in [-0.2, -0.15) is 0 Å². The number of hydrogen-bond acceptors (Lipinski definition) is 4. The van der Waals surface area contributed by atoms with Gasteiger partial charge >= 0.3 is 0 Å². The molecule has 3 aromatic rings. The Hall–Kier alpha value is -2.60. The fourth-order valence-corrected chi connectivity index (χ4v) is 4.16. The Morgan fingerprint density at radius 1 is 1.08 bits per heavy atom. The minimum Gasteiger partial charge on any atom is -0.311 e. The molecule has 2 heterocycles. The van der Waals surface area contributed by atoms with Crippen LogP contribution in [0.5, 0.6) is 0 Å². The molecule has 4 rings (SSSR count). The van der Waals surface area contributed by atoms with E-state index in [2.05, 4.69) is 27.8 Å². The number of carbonyl (C=O) groups excluding carboxylic acids is 1. The van der Waals surface area contributed by atoms with Gasteiger partial charge < -0.3 is 9.47 Å². The van der Waals surface area contributed by atoms with Crippen LogP contribution in [0.2, 0.25) is 0 Å². The van der Waals surface area contributed by atoms with Gasteiger partial charge in [0.25, 0.3) is 0 Å². The van der Waals surface area contributed by atoms with Crippen molar-refractivity contribution in [3.63, 3.8) is 0 Å². The summed E-state index contributed by atoms with van der Waals surface area (Å²) in [6, 6.07) is 18.1. The van der Waals surface area contributed by atoms with Crippen LogP contribution in [0.1, 0.15) is 12.5 Å². The lowest BCUT2D eigenvalue weighted by Crippen LogP contribution is -2.30. The summed E-state index contributed by atoms with van der Waals surface area (Å²) in [6.45, 7) is 3.59. The fraction of sp³-hybridized carbons (Fsp3) is 0.250. The van der Waals surface area contributed by atoms with Crippen molar-refractivity contribution in [1.29, 1.82) is 0 Å². The average Bonchev–Trinajstić information content (AvgIpc) is 3.30. The van der Waals surface area contributed by atoms with Gasteiger partial charge in [0, 0.05) is 24.3 Å². The third-order valence-corrected chi connectivity index (χ3v) is 5.53. The van der Waals surface area contributed by atoms with E-state index in [0.29, 0.717) is 5.75 Å². The topological polar surface area (TPSA) is 51.0 Å². The Kier molecular flexibility index (Phi) is 4.75. The Morgan fingerprint density at radius 2 is 1.85 bits per heavy atom. The summed E-state index contributed by atoms with van der Waals surface area (Å²) < 4.78 is 2.06. The molecule has 0 atom stereocenters. The summed E-state index contributed by atoms with van der Waals surface area (Å²) in [4.78, 5) is 14.6. The Morgan fingerprint density at radius 3 is 2.65 bits per heavy atom. The van der Waals surface area contributed by atoms with E-state index in [4.69, 9.17) is 0 Å². The maximum absolute atomic E-state index is 12.7. The zero-order chi connectivity index (χ0) is 17.9. The smallest absolute Gasteiger partial charge is 0.237 e. The number of nitrogens with zero attached hydrogens (tertiary/aromatic N) is 4. The van der Waals surface area contributed by atoms with Gasteiger partial charge in [-0.25, -0.2) is 0 Å². The predicted molar refractivity (Wildman–Crippen MR) is 104 cm³/mol. The molecule has 132 valence electrons. The summed E-state index contributed by atoms with van der Waals surface area (Å²) in [5.74, 6) is 1.32. The number of hydrogen-bond donors (Lipinski definition) is 0. The predicted octanol–water partition coefficient (Wildman–Crippen LogP) is 3.65. The van der Waals surface area contributed by atoms with Gasteiger partial charge in [0.15, 0.2) is 11.0 Å². The second-order valence-electron chi connectivity index (χ2n) is 6.13. The van der Waals surface area contributed by atoms with Crippen molar-refractivity contribution in [1.82, 2.24) is 14.8 Å². The molecule has 0 bridgehead atoms. The number of benzene rings is 2. The van der Waals surface area contributed by atoms with Crippen molar-refractivity contribution in [2.75, 3.05) is 17.2 Å². The monoisotopic (exact) mass is 364 g/mol. The summed E-state index contributed by atoms with van der Waals surface area (Å²) in [5.41, 5.74) is 3.32. The largest absolute Gasteiger partial charge is 0.311 e. The van der Waals surface area contributed by atoms with Crippen LogP contribution in [-0.4, -0.2) is 33.0 Å². The molecule has 1 aromatic heterocycles. The highest BCUT2D eigenvalue weighted by Gasteiger charge is 2.24. The first-order chi connectivity index (χ1) is 12.8. The van der Waals surface area contributed by atoms with Crippen molar-refractivity contribution < 1.29 is 4.79 Å². The van der Waals surface area contributed by atoms with Crippen molar-refractivity contribution in [2.45, 2.75) is 25.0 Å². The van der Waals surface area contributed by atoms with Gasteiger partial charge in [0.1, 0.15) is 0 Å². The van der Waals surface area contributed by atoms with E-state index < -0.39 is 0 Å². The first-order valence-electron chi connectivity index (χ1n) is 8.77. The van der Waals surface area contributed by atoms with Crippen molar-refractivity contribution in [2.24, 2.45) is 0 Å². The van der Waals surface area contributed by atoms with Crippen LogP contribution in [0.15, 0.2) is 59.8 Å². The van der Waals surface area contributed by atoms with Gasteiger partial charge in [-0.1, -0.05) is 60.3 Å². The molecule has 1 aliphatic rings. The molecule has 0 spiro atoms. The standard InChI is InChI=1S/C20H20N4OS/c1-2-23-19(16-9-4-3-5-10-16)21-22-20(23)26-14-18(25)24-13-12-15-8-6-7-11-17(15)24/h3-11H,2,12-14H2,1H3. The van der Waals surface area contributed by atoms with Crippen LogP contribution >= 0.6 is 11.8 Å². The lowest BCUT2D eigenvalue weighted by atomic mass is 10.2. The highest BCUT2D eigenvalue weighted by molar-refractivity contribution is 7.99. The Balaban J connectivity index is 1.49. The van der Waals surface area contributed by atoms with Gasteiger partial charge in [-0.05, 0) is 25.0 Å². The zero-order valence-electron chi connectivity index (χ0n) is 14.6. The highest BCUT2D eigenvalue weighted by Crippen LogP contribution is 2.29. The van der Waals surface area contributed by atoms with Crippen molar-refractivity contribution in [3.8, 4) is 11.4 Å². The van der Waals surface area contributed by atoms with E-state index in [1.165, 1.54) is 17.3 Å². The van der Waals surface area contributed by atoms with Crippen LogP contribution < -0.4 is 4.90 Å². The molecule has 0 aliphatic carbocycles. The minimum atomic E-state index is 0.117. The number of fused-ring (bicyclic) bond motifs is 1. The van der Waals surface area contributed by atoms with E-state index in [1.807, 2.05) is 53.4 Å². The Labute approximate surface area is 157 Å². The molecule has 26 heavy (non-hydrogen) atoms. The highest BCUT2D eigenvalue weighted by atomic mass is 32.2. The number of rotatable bonds is 5. The van der Waals surface area contributed by atoms with Crippen LogP contribution in [0.3, 0.4) is 0 Å². The number of thioether (sulfide) groups is 1. The lowest BCUT2D eigenvalue weighted by Gasteiger charge is -2.17. The molecule has 6 heteroatoms. The third kappa shape index (κ3) is 3.12. The first-order valence-corrected chi connectivity index (χ1v) is 9.76. The molecule has 0 N–H and O–H groups in total. The van der Waals surface area contributed by atoms with Crippen molar-refractivity contribution in [3.05, 3.63) is 60.2 Å². The molecule has 0 fully saturated rings. The molecule has 0 saturated carbocycles. The molecule has 5 nitrogen and oxygen atoms in total. The van der Waals surface area contributed by atoms with E-state index >= 15 is 0 Å². The van der Waals surface area contributed by atoms with Gasteiger partial charge in [-0.3, -0.25) is 4.79 Å².